The summed E-state index contributed by atoms with van der Waals surface area (Å²) in [5, 5.41) is 0. The molecule has 0 radical (unpaired) electrons. The summed E-state index contributed by atoms with van der Waals surface area (Å²) in [7, 11) is 0. The largest absolute Gasteiger partial charge is 0.103 e. The lowest BCUT2D eigenvalue weighted by Crippen LogP contribution is -1.98. The van der Waals surface area contributed by atoms with Gasteiger partial charge in [0, 0.05) is 0 Å². The molecule has 0 nitrogen and oxygen atoms in total. The van der Waals surface area contributed by atoms with Gasteiger partial charge in [0.05, 0.1) is 0 Å². The SMILES string of the molecule is C=CCCCC(CC)c1ccc(C)c(C)c1. The molecule has 0 N–H and O–H groups in total. The second kappa shape index (κ2) is 6.52. The lowest BCUT2D eigenvalue weighted by molar-refractivity contribution is 0.579. The maximum Gasteiger partial charge on any atom is -0.0164 e. The van der Waals surface area contributed by atoms with Crippen molar-refractivity contribution < 1.29 is 0 Å². The maximum atomic E-state index is 3.78. The van der Waals surface area contributed by atoms with Crippen molar-refractivity contribution in [1.82, 2.24) is 0 Å². The number of benzene rings is 1. The van der Waals surface area contributed by atoms with Crippen molar-refractivity contribution in [2.75, 3.05) is 0 Å². The number of rotatable bonds is 6. The number of unbranched alkanes of at least 4 members (excludes halogenated alkanes) is 1. The van der Waals surface area contributed by atoms with Crippen LogP contribution in [0.2, 0.25) is 0 Å². The Morgan fingerprint density at radius 3 is 2.56 bits per heavy atom. The quantitative estimate of drug-likeness (QED) is 0.455. The molecule has 0 amide bonds. The van der Waals surface area contributed by atoms with Crippen LogP contribution >= 0.6 is 0 Å². The van der Waals surface area contributed by atoms with E-state index >= 15 is 0 Å². The first kappa shape index (κ1) is 13.0. The molecule has 1 aromatic rings. The van der Waals surface area contributed by atoms with Crippen LogP contribution in [-0.4, -0.2) is 0 Å². The number of hydrogen-bond acceptors (Lipinski definition) is 0. The van der Waals surface area contributed by atoms with Gasteiger partial charge in [-0.25, -0.2) is 0 Å². The fourth-order valence-corrected chi connectivity index (χ4v) is 2.13. The van der Waals surface area contributed by atoms with E-state index in [9.17, 15) is 0 Å². The first-order chi connectivity index (χ1) is 7.69. The van der Waals surface area contributed by atoms with Gasteiger partial charge in [-0.3, -0.25) is 0 Å². The summed E-state index contributed by atoms with van der Waals surface area (Å²) < 4.78 is 0. The van der Waals surface area contributed by atoms with E-state index in [1.54, 1.807) is 0 Å². The number of allylic oxidation sites excluding steroid dienone is 1. The Morgan fingerprint density at radius 2 is 2.00 bits per heavy atom. The van der Waals surface area contributed by atoms with Crippen molar-refractivity contribution >= 4 is 0 Å². The topological polar surface area (TPSA) is 0 Å². The summed E-state index contributed by atoms with van der Waals surface area (Å²) in [6, 6.07) is 6.91. The van der Waals surface area contributed by atoms with E-state index in [0.29, 0.717) is 0 Å². The number of hydrogen-bond donors (Lipinski definition) is 0. The fourth-order valence-electron chi connectivity index (χ4n) is 2.13. The highest BCUT2D eigenvalue weighted by molar-refractivity contribution is 5.31. The third-order valence-corrected chi connectivity index (χ3v) is 3.46. The van der Waals surface area contributed by atoms with E-state index in [2.05, 4.69) is 45.5 Å². The maximum absolute atomic E-state index is 3.78. The highest BCUT2D eigenvalue weighted by atomic mass is 14.1. The van der Waals surface area contributed by atoms with Crippen LogP contribution in [0.5, 0.6) is 0 Å². The minimum atomic E-state index is 0.722. The highest BCUT2D eigenvalue weighted by Crippen LogP contribution is 2.26. The van der Waals surface area contributed by atoms with Crippen molar-refractivity contribution in [3.63, 3.8) is 0 Å². The van der Waals surface area contributed by atoms with Crippen molar-refractivity contribution in [3.05, 3.63) is 47.5 Å². The van der Waals surface area contributed by atoms with Gasteiger partial charge in [0.25, 0.3) is 0 Å². The smallest absolute Gasteiger partial charge is 0.0164 e. The van der Waals surface area contributed by atoms with Gasteiger partial charge in [-0.15, -0.1) is 6.58 Å². The standard InChI is InChI=1S/C16H24/c1-5-7-8-9-15(6-2)16-11-10-13(3)14(4)12-16/h5,10-12,15H,1,6-9H2,2-4H3. The summed E-state index contributed by atoms with van der Waals surface area (Å²) >= 11 is 0. The van der Waals surface area contributed by atoms with Gasteiger partial charge in [0.15, 0.2) is 0 Å². The van der Waals surface area contributed by atoms with Crippen molar-refractivity contribution in [1.29, 1.82) is 0 Å². The molecule has 0 aliphatic carbocycles. The van der Waals surface area contributed by atoms with Crippen LogP contribution in [0.4, 0.5) is 0 Å². The Hall–Kier alpha value is -1.04. The second-order valence-corrected chi connectivity index (χ2v) is 4.67. The first-order valence-corrected chi connectivity index (χ1v) is 6.37. The van der Waals surface area contributed by atoms with Gasteiger partial charge >= 0.3 is 0 Å². The van der Waals surface area contributed by atoms with Crippen LogP contribution < -0.4 is 0 Å². The Morgan fingerprint density at radius 1 is 1.25 bits per heavy atom. The van der Waals surface area contributed by atoms with Crippen LogP contribution in [-0.2, 0) is 0 Å². The van der Waals surface area contributed by atoms with Crippen LogP contribution in [0.1, 0.15) is 55.2 Å². The van der Waals surface area contributed by atoms with Crippen LogP contribution in [0.25, 0.3) is 0 Å². The predicted molar refractivity (Wildman–Crippen MR) is 73.0 cm³/mol. The van der Waals surface area contributed by atoms with Crippen molar-refractivity contribution in [2.24, 2.45) is 0 Å². The van der Waals surface area contributed by atoms with E-state index in [1.165, 1.54) is 36.0 Å². The van der Waals surface area contributed by atoms with Gasteiger partial charge in [-0.1, -0.05) is 31.2 Å². The zero-order valence-electron chi connectivity index (χ0n) is 10.9. The normalized spacial score (nSPS) is 12.4. The minimum Gasteiger partial charge on any atom is -0.103 e. The lowest BCUT2D eigenvalue weighted by atomic mass is 9.89. The molecule has 0 saturated carbocycles. The summed E-state index contributed by atoms with van der Waals surface area (Å²) in [4.78, 5) is 0. The van der Waals surface area contributed by atoms with E-state index in [0.717, 1.165) is 12.3 Å². The molecule has 0 heteroatoms. The fraction of sp³-hybridized carbons (Fsp3) is 0.500. The highest BCUT2D eigenvalue weighted by Gasteiger charge is 2.09. The Kier molecular flexibility index (Phi) is 5.31. The summed E-state index contributed by atoms with van der Waals surface area (Å²) in [6.07, 6.45) is 6.94. The van der Waals surface area contributed by atoms with Gasteiger partial charge in [0.1, 0.15) is 0 Å². The van der Waals surface area contributed by atoms with Crippen molar-refractivity contribution in [2.45, 2.75) is 52.4 Å². The third kappa shape index (κ3) is 3.52. The molecule has 0 aliphatic heterocycles. The molecule has 1 unspecified atom stereocenters. The van der Waals surface area contributed by atoms with E-state index in [-0.39, 0.29) is 0 Å². The predicted octanol–water partition coefficient (Wildman–Crippen LogP) is 5.15. The van der Waals surface area contributed by atoms with E-state index < -0.39 is 0 Å². The molecule has 1 aromatic carbocycles. The van der Waals surface area contributed by atoms with Crippen LogP contribution in [0.15, 0.2) is 30.9 Å². The molecule has 1 atom stereocenters. The van der Waals surface area contributed by atoms with Gasteiger partial charge < -0.3 is 0 Å². The average molecular weight is 216 g/mol. The average Bonchev–Trinajstić information content (AvgIpc) is 2.29. The monoisotopic (exact) mass is 216 g/mol. The van der Waals surface area contributed by atoms with Gasteiger partial charge in [0.2, 0.25) is 0 Å². The second-order valence-electron chi connectivity index (χ2n) is 4.67. The van der Waals surface area contributed by atoms with E-state index in [4.69, 9.17) is 0 Å². The summed E-state index contributed by atoms with van der Waals surface area (Å²) in [5.74, 6) is 0.722. The zero-order chi connectivity index (χ0) is 12.0. The molecule has 0 heterocycles. The van der Waals surface area contributed by atoms with E-state index in [1.807, 2.05) is 6.08 Å². The Bertz CT molecular complexity index is 336. The molecule has 0 fully saturated rings. The molecule has 16 heavy (non-hydrogen) atoms. The molecular weight excluding hydrogens is 192 g/mol. The minimum absolute atomic E-state index is 0.722. The third-order valence-electron chi connectivity index (χ3n) is 3.46. The molecular formula is C16H24. The van der Waals surface area contributed by atoms with Crippen LogP contribution in [0, 0.1) is 13.8 Å². The van der Waals surface area contributed by atoms with Crippen molar-refractivity contribution in [3.8, 4) is 0 Å². The molecule has 0 bridgehead atoms. The number of aryl methyl sites for hydroxylation is 2. The van der Waals surface area contributed by atoms with Gasteiger partial charge in [-0.2, -0.15) is 0 Å². The molecule has 0 saturated heterocycles. The summed E-state index contributed by atoms with van der Waals surface area (Å²) in [5.41, 5.74) is 4.32. The molecule has 88 valence electrons. The molecule has 0 aromatic heterocycles. The lowest BCUT2D eigenvalue weighted by Gasteiger charge is -2.16. The zero-order valence-corrected chi connectivity index (χ0v) is 10.9. The van der Waals surface area contributed by atoms with Crippen LogP contribution in [0.3, 0.4) is 0 Å². The van der Waals surface area contributed by atoms with Gasteiger partial charge in [-0.05, 0) is 62.1 Å². The molecule has 0 spiro atoms. The molecule has 1 rings (SSSR count). The first-order valence-electron chi connectivity index (χ1n) is 6.37. The summed E-state index contributed by atoms with van der Waals surface area (Å²) in [6.45, 7) is 10.4. The Balaban J connectivity index is 2.70. The Labute approximate surface area is 100 Å². The molecule has 0 aliphatic rings.